The van der Waals surface area contributed by atoms with Crippen molar-refractivity contribution in [3.8, 4) is 11.3 Å². The minimum Gasteiger partial charge on any atom is -0.480 e. The summed E-state index contributed by atoms with van der Waals surface area (Å²) in [5.41, 5.74) is 2.60. The van der Waals surface area contributed by atoms with Crippen molar-refractivity contribution in [1.82, 2.24) is 9.97 Å². The van der Waals surface area contributed by atoms with Gasteiger partial charge in [0.05, 0.1) is 11.9 Å². The molecule has 0 atom stereocenters. The van der Waals surface area contributed by atoms with Crippen LogP contribution in [0.4, 0.5) is 5.95 Å². The molecule has 2 rings (SSSR count). The Kier molecular flexibility index (Phi) is 3.75. The standard InChI is InChI=1S/C12H13N3O4S/c1-8-2-4-9(5-3-8)10-6-13-12(14-10)15-20(18,19)7-11(16)17/h2-6H,7H2,1H3,(H,16,17)(H2,13,14,15). The molecule has 0 saturated carbocycles. The predicted octanol–water partition coefficient (Wildman–Crippen LogP) is 1.21. The molecule has 106 valence electrons. The van der Waals surface area contributed by atoms with Gasteiger partial charge < -0.3 is 10.1 Å². The third-order valence-electron chi connectivity index (χ3n) is 2.50. The molecule has 2 aromatic rings. The van der Waals surface area contributed by atoms with Crippen LogP contribution in [-0.2, 0) is 14.8 Å². The Labute approximate surface area is 115 Å². The normalized spacial score (nSPS) is 11.2. The summed E-state index contributed by atoms with van der Waals surface area (Å²) < 4.78 is 25.0. The van der Waals surface area contributed by atoms with Gasteiger partial charge in [0, 0.05) is 0 Å². The first-order chi connectivity index (χ1) is 9.35. The number of carboxylic acids is 1. The van der Waals surface area contributed by atoms with Crippen LogP contribution >= 0.6 is 0 Å². The highest BCUT2D eigenvalue weighted by atomic mass is 32.2. The number of sulfonamides is 1. The summed E-state index contributed by atoms with van der Waals surface area (Å²) in [7, 11) is -3.95. The molecule has 0 aliphatic rings. The number of aliphatic carboxylic acids is 1. The van der Waals surface area contributed by atoms with Crippen LogP contribution in [0.25, 0.3) is 11.3 Å². The molecule has 0 spiro atoms. The Hall–Kier alpha value is -2.35. The third kappa shape index (κ3) is 3.58. The van der Waals surface area contributed by atoms with E-state index in [1.54, 1.807) is 0 Å². The summed E-state index contributed by atoms with van der Waals surface area (Å²) in [5, 5.41) is 8.49. The van der Waals surface area contributed by atoms with Crippen molar-refractivity contribution in [3.05, 3.63) is 36.0 Å². The molecule has 1 aromatic heterocycles. The highest BCUT2D eigenvalue weighted by Crippen LogP contribution is 2.19. The van der Waals surface area contributed by atoms with E-state index < -0.39 is 21.7 Å². The van der Waals surface area contributed by atoms with E-state index >= 15 is 0 Å². The highest BCUT2D eigenvalue weighted by molar-refractivity contribution is 7.93. The summed E-state index contributed by atoms with van der Waals surface area (Å²) in [6, 6.07) is 7.59. The van der Waals surface area contributed by atoms with Gasteiger partial charge in [-0.05, 0) is 12.5 Å². The predicted molar refractivity (Wildman–Crippen MR) is 73.8 cm³/mol. The molecule has 7 nitrogen and oxygen atoms in total. The fourth-order valence-electron chi connectivity index (χ4n) is 1.60. The van der Waals surface area contributed by atoms with Crippen LogP contribution in [0.1, 0.15) is 5.56 Å². The van der Waals surface area contributed by atoms with Crippen LogP contribution in [0.15, 0.2) is 30.5 Å². The zero-order valence-electron chi connectivity index (χ0n) is 10.6. The maximum atomic E-state index is 11.4. The van der Waals surface area contributed by atoms with E-state index in [0.717, 1.165) is 11.1 Å². The number of aromatic nitrogens is 2. The van der Waals surface area contributed by atoms with Crippen molar-refractivity contribution in [3.63, 3.8) is 0 Å². The van der Waals surface area contributed by atoms with Crippen LogP contribution in [0.5, 0.6) is 0 Å². The number of carbonyl (C=O) groups is 1. The lowest BCUT2D eigenvalue weighted by molar-refractivity contribution is -0.134. The van der Waals surface area contributed by atoms with Crippen molar-refractivity contribution in [1.29, 1.82) is 0 Å². The van der Waals surface area contributed by atoms with E-state index in [4.69, 9.17) is 5.11 Å². The zero-order chi connectivity index (χ0) is 14.8. The van der Waals surface area contributed by atoms with E-state index in [9.17, 15) is 13.2 Å². The number of carboxylic acid groups (broad SMARTS) is 1. The Balaban J connectivity index is 2.17. The molecule has 20 heavy (non-hydrogen) atoms. The number of imidazole rings is 1. The molecule has 1 heterocycles. The molecule has 0 bridgehead atoms. The number of benzene rings is 1. The monoisotopic (exact) mass is 295 g/mol. The average molecular weight is 295 g/mol. The Morgan fingerprint density at radius 1 is 1.35 bits per heavy atom. The molecule has 0 unspecified atom stereocenters. The van der Waals surface area contributed by atoms with Crippen LogP contribution in [0.2, 0.25) is 0 Å². The maximum Gasteiger partial charge on any atom is 0.320 e. The smallest absolute Gasteiger partial charge is 0.320 e. The van der Waals surface area contributed by atoms with Gasteiger partial charge in [0.15, 0.2) is 5.75 Å². The minimum absolute atomic E-state index is 0.0122. The Morgan fingerprint density at radius 2 is 2.00 bits per heavy atom. The molecule has 0 aliphatic carbocycles. The molecular weight excluding hydrogens is 282 g/mol. The molecule has 0 fully saturated rings. The summed E-state index contributed by atoms with van der Waals surface area (Å²) in [4.78, 5) is 17.1. The third-order valence-corrected chi connectivity index (χ3v) is 3.64. The number of nitrogens with zero attached hydrogens (tertiary/aromatic N) is 1. The number of hydrogen-bond acceptors (Lipinski definition) is 4. The summed E-state index contributed by atoms with van der Waals surface area (Å²) in [6.07, 6.45) is 1.48. The maximum absolute atomic E-state index is 11.4. The zero-order valence-corrected chi connectivity index (χ0v) is 11.4. The lowest BCUT2D eigenvalue weighted by Gasteiger charge is -2.02. The lowest BCUT2D eigenvalue weighted by Crippen LogP contribution is -2.22. The molecule has 3 N–H and O–H groups in total. The van der Waals surface area contributed by atoms with Crippen molar-refractivity contribution >= 4 is 21.9 Å². The van der Waals surface area contributed by atoms with Crippen LogP contribution in [0, 0.1) is 6.92 Å². The van der Waals surface area contributed by atoms with Gasteiger partial charge in [-0.1, -0.05) is 29.8 Å². The van der Waals surface area contributed by atoms with Crippen molar-refractivity contribution < 1.29 is 18.3 Å². The second-order valence-corrected chi connectivity index (χ2v) is 5.99. The molecule has 0 aliphatic heterocycles. The van der Waals surface area contributed by atoms with Crippen LogP contribution in [-0.4, -0.2) is 35.2 Å². The van der Waals surface area contributed by atoms with Crippen LogP contribution in [0.3, 0.4) is 0 Å². The van der Waals surface area contributed by atoms with Gasteiger partial charge in [0.25, 0.3) is 0 Å². The minimum atomic E-state index is -3.95. The highest BCUT2D eigenvalue weighted by Gasteiger charge is 2.17. The number of rotatable bonds is 5. The van der Waals surface area contributed by atoms with Gasteiger partial charge in [-0.3, -0.25) is 9.52 Å². The van der Waals surface area contributed by atoms with Crippen molar-refractivity contribution in [2.24, 2.45) is 0 Å². The molecule has 0 saturated heterocycles. The van der Waals surface area contributed by atoms with Gasteiger partial charge in [-0.2, -0.15) is 0 Å². The molecule has 0 radical (unpaired) electrons. The SMILES string of the molecule is Cc1ccc(-c2cnc(NS(=O)(=O)CC(=O)O)[nH]2)cc1. The first-order valence-electron chi connectivity index (χ1n) is 5.70. The second kappa shape index (κ2) is 5.33. The fourth-order valence-corrected chi connectivity index (χ4v) is 2.39. The molecular formula is C12H13N3O4S. The number of H-pyrrole nitrogens is 1. The Bertz CT molecular complexity index is 719. The largest absolute Gasteiger partial charge is 0.480 e. The van der Waals surface area contributed by atoms with Gasteiger partial charge in [0.1, 0.15) is 0 Å². The quantitative estimate of drug-likeness (QED) is 0.767. The number of nitrogens with one attached hydrogen (secondary N) is 2. The molecule has 0 amide bonds. The van der Waals surface area contributed by atoms with Gasteiger partial charge >= 0.3 is 5.97 Å². The van der Waals surface area contributed by atoms with Crippen molar-refractivity contribution in [2.45, 2.75) is 6.92 Å². The van der Waals surface area contributed by atoms with E-state index in [2.05, 4.69) is 14.7 Å². The van der Waals surface area contributed by atoms with Crippen LogP contribution < -0.4 is 4.72 Å². The topological polar surface area (TPSA) is 112 Å². The van der Waals surface area contributed by atoms with E-state index in [-0.39, 0.29) is 5.95 Å². The van der Waals surface area contributed by atoms with Gasteiger partial charge in [-0.25, -0.2) is 13.4 Å². The van der Waals surface area contributed by atoms with Crippen molar-refractivity contribution in [2.75, 3.05) is 10.5 Å². The summed E-state index contributed by atoms with van der Waals surface area (Å²) >= 11 is 0. The van der Waals surface area contributed by atoms with E-state index in [0.29, 0.717) is 5.69 Å². The number of aryl methyl sites for hydroxylation is 1. The molecule has 1 aromatic carbocycles. The van der Waals surface area contributed by atoms with E-state index in [1.807, 2.05) is 31.2 Å². The lowest BCUT2D eigenvalue weighted by atomic mass is 10.1. The summed E-state index contributed by atoms with van der Waals surface area (Å²) in [6.45, 7) is 1.96. The van der Waals surface area contributed by atoms with E-state index in [1.165, 1.54) is 6.20 Å². The molecule has 8 heteroatoms. The first kappa shape index (κ1) is 14.1. The fraction of sp³-hybridized carbons (Fsp3) is 0.167. The second-order valence-electron chi connectivity index (χ2n) is 4.27. The van der Waals surface area contributed by atoms with Gasteiger partial charge in [-0.15, -0.1) is 0 Å². The number of anilines is 1. The summed E-state index contributed by atoms with van der Waals surface area (Å²) in [5.74, 6) is -2.45. The average Bonchev–Trinajstić information content (AvgIpc) is 2.75. The number of hydrogen-bond donors (Lipinski definition) is 3. The number of aromatic amines is 1. The Morgan fingerprint density at radius 3 is 2.60 bits per heavy atom. The first-order valence-corrected chi connectivity index (χ1v) is 7.35. The van der Waals surface area contributed by atoms with Gasteiger partial charge in [0.2, 0.25) is 16.0 Å².